The molecule has 0 aromatic heterocycles. The number of likely N-dealkylation sites (tertiary alicyclic amines) is 1. The van der Waals surface area contributed by atoms with Gasteiger partial charge in [0.2, 0.25) is 0 Å². The van der Waals surface area contributed by atoms with Crippen molar-refractivity contribution in [1.82, 2.24) is 4.90 Å². The Morgan fingerprint density at radius 2 is 2.25 bits per heavy atom. The highest BCUT2D eigenvalue weighted by molar-refractivity contribution is 6.18. The van der Waals surface area contributed by atoms with Crippen LogP contribution >= 0.6 is 11.6 Å². The predicted molar refractivity (Wildman–Crippen MR) is 54.7 cm³/mol. The first-order chi connectivity index (χ1) is 5.72. The van der Waals surface area contributed by atoms with Crippen LogP contribution in [-0.4, -0.2) is 30.4 Å². The Kier molecular flexibility index (Phi) is 4.38. The molecule has 1 saturated heterocycles. The van der Waals surface area contributed by atoms with Gasteiger partial charge < -0.3 is 4.90 Å². The molecule has 0 bridgehead atoms. The molecule has 12 heavy (non-hydrogen) atoms. The number of hydrogen-bond donors (Lipinski definition) is 0. The molecule has 0 radical (unpaired) electrons. The zero-order valence-corrected chi connectivity index (χ0v) is 8.98. The third kappa shape index (κ3) is 3.32. The van der Waals surface area contributed by atoms with Crippen molar-refractivity contribution in [2.75, 3.05) is 25.5 Å². The maximum atomic E-state index is 5.86. The highest BCUT2D eigenvalue weighted by Gasteiger charge is 2.18. The van der Waals surface area contributed by atoms with Gasteiger partial charge in [0.25, 0.3) is 0 Å². The minimum atomic E-state index is 0.749. The summed E-state index contributed by atoms with van der Waals surface area (Å²) in [6, 6.07) is 0. The van der Waals surface area contributed by atoms with E-state index < -0.39 is 0 Å². The van der Waals surface area contributed by atoms with E-state index in [-0.39, 0.29) is 0 Å². The van der Waals surface area contributed by atoms with Gasteiger partial charge in [-0.1, -0.05) is 13.8 Å². The van der Waals surface area contributed by atoms with Gasteiger partial charge in [-0.25, -0.2) is 0 Å². The molecular formula is C10H20ClN. The molecule has 2 heteroatoms. The molecule has 1 heterocycles. The molecule has 0 aromatic carbocycles. The Morgan fingerprint density at radius 1 is 1.50 bits per heavy atom. The van der Waals surface area contributed by atoms with Crippen LogP contribution in [0.1, 0.15) is 26.7 Å². The standard InChI is InChI=1S/C10H20ClN/c1-9(2)7-12-5-3-4-10(6-11)8-12/h9-10H,3-8H2,1-2H3. The second-order valence-electron chi connectivity index (χ2n) is 4.32. The fraction of sp³-hybridized carbons (Fsp3) is 1.00. The molecule has 72 valence electrons. The highest BCUT2D eigenvalue weighted by Crippen LogP contribution is 2.18. The van der Waals surface area contributed by atoms with Crippen LogP contribution in [0, 0.1) is 11.8 Å². The van der Waals surface area contributed by atoms with E-state index in [1.54, 1.807) is 0 Å². The number of piperidine rings is 1. The Hall–Kier alpha value is 0.250. The lowest BCUT2D eigenvalue weighted by Gasteiger charge is -2.32. The van der Waals surface area contributed by atoms with E-state index >= 15 is 0 Å². The number of hydrogen-bond acceptors (Lipinski definition) is 1. The maximum Gasteiger partial charge on any atom is 0.0263 e. The Morgan fingerprint density at radius 3 is 2.83 bits per heavy atom. The van der Waals surface area contributed by atoms with E-state index in [2.05, 4.69) is 18.7 Å². The summed E-state index contributed by atoms with van der Waals surface area (Å²) in [5, 5.41) is 0. The number of alkyl halides is 1. The number of halogens is 1. The van der Waals surface area contributed by atoms with Crippen molar-refractivity contribution >= 4 is 11.6 Å². The molecule has 1 aliphatic heterocycles. The number of nitrogens with zero attached hydrogens (tertiary/aromatic N) is 1. The van der Waals surface area contributed by atoms with Crippen molar-refractivity contribution in [3.63, 3.8) is 0 Å². The summed E-state index contributed by atoms with van der Waals surface area (Å²) in [6.07, 6.45) is 2.67. The lowest BCUT2D eigenvalue weighted by atomic mass is 9.99. The molecule has 0 aromatic rings. The van der Waals surface area contributed by atoms with Gasteiger partial charge in [0.15, 0.2) is 0 Å². The minimum Gasteiger partial charge on any atom is -0.303 e. The molecule has 1 unspecified atom stereocenters. The van der Waals surface area contributed by atoms with E-state index in [1.165, 1.54) is 32.5 Å². The lowest BCUT2D eigenvalue weighted by molar-refractivity contribution is 0.168. The second kappa shape index (κ2) is 5.08. The number of rotatable bonds is 3. The largest absolute Gasteiger partial charge is 0.303 e. The molecule has 0 N–H and O–H groups in total. The Balaban J connectivity index is 2.25. The SMILES string of the molecule is CC(C)CN1CCCC(CCl)C1. The molecule has 0 saturated carbocycles. The summed E-state index contributed by atoms with van der Waals surface area (Å²) in [5.41, 5.74) is 0. The molecule has 0 spiro atoms. The monoisotopic (exact) mass is 189 g/mol. The van der Waals surface area contributed by atoms with Crippen LogP contribution in [0.2, 0.25) is 0 Å². The van der Waals surface area contributed by atoms with Crippen molar-refractivity contribution < 1.29 is 0 Å². The van der Waals surface area contributed by atoms with Crippen LogP contribution in [0.4, 0.5) is 0 Å². The average molecular weight is 190 g/mol. The van der Waals surface area contributed by atoms with E-state index in [0.29, 0.717) is 0 Å². The van der Waals surface area contributed by atoms with E-state index in [0.717, 1.165) is 17.7 Å². The minimum absolute atomic E-state index is 0.749. The van der Waals surface area contributed by atoms with Crippen molar-refractivity contribution in [3.05, 3.63) is 0 Å². The molecule has 1 fully saturated rings. The summed E-state index contributed by atoms with van der Waals surface area (Å²) < 4.78 is 0. The van der Waals surface area contributed by atoms with Crippen LogP contribution in [0.25, 0.3) is 0 Å². The second-order valence-corrected chi connectivity index (χ2v) is 4.62. The van der Waals surface area contributed by atoms with Gasteiger partial charge >= 0.3 is 0 Å². The van der Waals surface area contributed by atoms with Gasteiger partial charge in [-0.2, -0.15) is 0 Å². The van der Waals surface area contributed by atoms with Gasteiger partial charge in [-0.3, -0.25) is 0 Å². The van der Waals surface area contributed by atoms with Gasteiger partial charge in [0, 0.05) is 19.0 Å². The third-order valence-corrected chi connectivity index (χ3v) is 2.88. The Bertz CT molecular complexity index is 125. The first-order valence-electron chi connectivity index (χ1n) is 5.00. The van der Waals surface area contributed by atoms with Crippen LogP contribution in [-0.2, 0) is 0 Å². The fourth-order valence-electron chi connectivity index (χ4n) is 1.96. The van der Waals surface area contributed by atoms with Gasteiger partial charge in [0.05, 0.1) is 0 Å². The lowest BCUT2D eigenvalue weighted by Crippen LogP contribution is -2.38. The summed E-state index contributed by atoms with van der Waals surface area (Å²) in [7, 11) is 0. The van der Waals surface area contributed by atoms with Crippen molar-refractivity contribution in [2.45, 2.75) is 26.7 Å². The molecule has 1 nitrogen and oxygen atoms in total. The molecule has 1 rings (SSSR count). The van der Waals surface area contributed by atoms with Crippen LogP contribution in [0.3, 0.4) is 0 Å². The highest BCUT2D eigenvalue weighted by atomic mass is 35.5. The van der Waals surface area contributed by atoms with Crippen molar-refractivity contribution in [2.24, 2.45) is 11.8 Å². The van der Waals surface area contributed by atoms with Crippen LogP contribution < -0.4 is 0 Å². The van der Waals surface area contributed by atoms with Crippen molar-refractivity contribution in [3.8, 4) is 0 Å². The predicted octanol–water partition coefficient (Wildman–Crippen LogP) is 2.59. The average Bonchev–Trinajstić information content (AvgIpc) is 2.03. The quantitative estimate of drug-likeness (QED) is 0.617. The molecule has 1 aliphatic rings. The van der Waals surface area contributed by atoms with Crippen LogP contribution in [0.15, 0.2) is 0 Å². The first-order valence-corrected chi connectivity index (χ1v) is 5.54. The maximum absolute atomic E-state index is 5.86. The molecular weight excluding hydrogens is 170 g/mol. The zero-order chi connectivity index (χ0) is 8.97. The van der Waals surface area contributed by atoms with Gasteiger partial charge in [-0.15, -0.1) is 11.6 Å². The molecule has 1 atom stereocenters. The first kappa shape index (κ1) is 10.3. The Labute approximate surface area is 81.1 Å². The smallest absolute Gasteiger partial charge is 0.0263 e. The molecule has 0 amide bonds. The van der Waals surface area contributed by atoms with Crippen LogP contribution in [0.5, 0.6) is 0 Å². The normalized spacial score (nSPS) is 26.5. The third-order valence-electron chi connectivity index (χ3n) is 2.44. The van der Waals surface area contributed by atoms with Crippen molar-refractivity contribution in [1.29, 1.82) is 0 Å². The summed E-state index contributed by atoms with van der Waals surface area (Å²) >= 11 is 5.86. The molecule has 0 aliphatic carbocycles. The topological polar surface area (TPSA) is 3.24 Å². The summed E-state index contributed by atoms with van der Waals surface area (Å²) in [6.45, 7) is 8.31. The summed E-state index contributed by atoms with van der Waals surface area (Å²) in [5.74, 6) is 2.38. The van der Waals surface area contributed by atoms with E-state index in [4.69, 9.17) is 11.6 Å². The van der Waals surface area contributed by atoms with E-state index in [1.807, 2.05) is 0 Å². The zero-order valence-electron chi connectivity index (χ0n) is 8.22. The van der Waals surface area contributed by atoms with Gasteiger partial charge in [0.1, 0.15) is 0 Å². The fourth-order valence-corrected chi connectivity index (χ4v) is 2.21. The van der Waals surface area contributed by atoms with E-state index in [9.17, 15) is 0 Å². The summed E-state index contributed by atoms with van der Waals surface area (Å²) in [4.78, 5) is 2.56. The van der Waals surface area contributed by atoms with Gasteiger partial charge in [-0.05, 0) is 31.2 Å².